The van der Waals surface area contributed by atoms with Crippen LogP contribution in [0.1, 0.15) is 0 Å². The van der Waals surface area contributed by atoms with E-state index in [1.54, 1.807) is 0 Å². The molecule has 0 saturated heterocycles. The zero-order valence-electron chi connectivity index (χ0n) is 5.79. The van der Waals surface area contributed by atoms with Gasteiger partial charge in [-0.25, -0.2) is 0 Å². The lowest BCUT2D eigenvalue weighted by molar-refractivity contribution is 1.30. The maximum absolute atomic E-state index is 10.8. The summed E-state index contributed by atoms with van der Waals surface area (Å²) in [4.78, 5) is 13.5. The lowest BCUT2D eigenvalue weighted by atomic mass is 10.2. The van der Waals surface area contributed by atoms with Crippen LogP contribution in [0.4, 0.5) is 0 Å². The predicted octanol–water partition coefficient (Wildman–Crippen LogP) is 1.33. The molecule has 0 bridgehead atoms. The first kappa shape index (κ1) is 6.16. The summed E-state index contributed by atoms with van der Waals surface area (Å²) >= 11 is 0. The Hall–Kier alpha value is -1.57. The van der Waals surface area contributed by atoms with Crippen molar-refractivity contribution in [3.05, 3.63) is 46.8 Å². The van der Waals surface area contributed by atoms with Crippen LogP contribution in [0.15, 0.2) is 35.1 Å². The van der Waals surface area contributed by atoms with Crippen molar-refractivity contribution in [2.75, 3.05) is 0 Å². The van der Waals surface area contributed by atoms with Crippen LogP contribution in [0.2, 0.25) is 0 Å². The van der Waals surface area contributed by atoms with Gasteiger partial charge in [-0.3, -0.25) is 4.79 Å². The van der Waals surface area contributed by atoms with Gasteiger partial charge in [0.15, 0.2) is 0 Å². The van der Waals surface area contributed by atoms with Crippen molar-refractivity contribution in [1.29, 1.82) is 0 Å². The fourth-order valence-corrected chi connectivity index (χ4v) is 1.03. The van der Waals surface area contributed by atoms with Gasteiger partial charge in [0.1, 0.15) is 0 Å². The zero-order valence-corrected chi connectivity index (χ0v) is 5.79. The summed E-state index contributed by atoms with van der Waals surface area (Å²) in [6.07, 6.45) is 0. The Kier molecular flexibility index (Phi) is 1.25. The Bertz CT molecular complexity index is 431. The van der Waals surface area contributed by atoms with Gasteiger partial charge >= 0.3 is 0 Å². The van der Waals surface area contributed by atoms with E-state index in [1.807, 2.05) is 24.3 Å². The van der Waals surface area contributed by atoms with Crippen molar-refractivity contribution in [2.24, 2.45) is 0 Å². The highest BCUT2D eigenvalue weighted by atomic mass is 16.1. The second kappa shape index (κ2) is 2.23. The third kappa shape index (κ3) is 1.03. The standard InChI is InChI=1S/C9H6NO/c11-9-6-5-7-3-1-2-4-8(7)10-9/h1-4,6H,(H,10,11). The van der Waals surface area contributed by atoms with Gasteiger partial charge in [-0.15, -0.1) is 0 Å². The van der Waals surface area contributed by atoms with Gasteiger partial charge < -0.3 is 4.98 Å². The SMILES string of the molecule is O=c1c[c]c2ccccc2[nH]1. The Morgan fingerprint density at radius 2 is 2.09 bits per heavy atom. The molecule has 0 aliphatic heterocycles. The number of fused-ring (bicyclic) bond motifs is 1. The number of para-hydroxylation sites is 1. The number of rotatable bonds is 0. The summed E-state index contributed by atoms with van der Waals surface area (Å²) in [5.41, 5.74) is 0.726. The first-order valence-corrected chi connectivity index (χ1v) is 3.36. The fraction of sp³-hybridized carbons (Fsp3) is 0. The van der Waals surface area contributed by atoms with E-state index in [1.165, 1.54) is 6.07 Å². The molecule has 2 heteroatoms. The average molecular weight is 144 g/mol. The first-order valence-electron chi connectivity index (χ1n) is 3.36. The topological polar surface area (TPSA) is 32.9 Å². The molecule has 11 heavy (non-hydrogen) atoms. The highest BCUT2D eigenvalue weighted by molar-refractivity contribution is 5.77. The van der Waals surface area contributed by atoms with Crippen molar-refractivity contribution < 1.29 is 0 Å². The summed E-state index contributed by atoms with van der Waals surface area (Å²) in [5, 5.41) is 0.937. The van der Waals surface area contributed by atoms with Crippen LogP contribution >= 0.6 is 0 Å². The van der Waals surface area contributed by atoms with E-state index in [2.05, 4.69) is 11.1 Å². The highest BCUT2D eigenvalue weighted by Gasteiger charge is 1.89. The fourth-order valence-electron chi connectivity index (χ4n) is 1.03. The number of benzene rings is 1. The molecule has 0 amide bonds. The summed E-state index contributed by atoms with van der Waals surface area (Å²) in [5.74, 6) is 0. The monoisotopic (exact) mass is 144 g/mol. The molecule has 0 spiro atoms. The van der Waals surface area contributed by atoms with Crippen LogP contribution in [0.3, 0.4) is 0 Å². The molecule has 0 aliphatic carbocycles. The lowest BCUT2D eigenvalue weighted by Crippen LogP contribution is -2.01. The molecule has 0 unspecified atom stereocenters. The van der Waals surface area contributed by atoms with Crippen LogP contribution in [0.5, 0.6) is 0 Å². The summed E-state index contributed by atoms with van der Waals surface area (Å²) in [6, 6.07) is 11.8. The van der Waals surface area contributed by atoms with Crippen LogP contribution in [0, 0.1) is 6.07 Å². The molecule has 2 nitrogen and oxygen atoms in total. The molecule has 1 N–H and O–H groups in total. The minimum Gasteiger partial charge on any atom is -0.322 e. The second-order valence-corrected chi connectivity index (χ2v) is 2.32. The van der Waals surface area contributed by atoms with Gasteiger partial charge in [-0.05, 0) is 12.1 Å². The van der Waals surface area contributed by atoms with Crippen LogP contribution in [-0.4, -0.2) is 4.98 Å². The number of nitrogens with one attached hydrogen (secondary N) is 1. The van der Waals surface area contributed by atoms with Crippen molar-refractivity contribution in [3.63, 3.8) is 0 Å². The van der Waals surface area contributed by atoms with Crippen molar-refractivity contribution in [2.45, 2.75) is 0 Å². The predicted molar refractivity (Wildman–Crippen MR) is 43.4 cm³/mol. The number of pyridine rings is 1. The third-order valence-electron chi connectivity index (χ3n) is 1.54. The summed E-state index contributed by atoms with van der Waals surface area (Å²) < 4.78 is 0. The normalized spacial score (nSPS) is 10.2. The molecule has 2 rings (SSSR count). The van der Waals surface area contributed by atoms with E-state index in [9.17, 15) is 4.79 Å². The summed E-state index contributed by atoms with van der Waals surface area (Å²) in [6.45, 7) is 0. The van der Waals surface area contributed by atoms with Crippen molar-refractivity contribution in [1.82, 2.24) is 4.98 Å². The van der Waals surface area contributed by atoms with E-state index in [-0.39, 0.29) is 5.56 Å². The van der Waals surface area contributed by atoms with Crippen LogP contribution in [-0.2, 0) is 0 Å². The number of hydrogen-bond donors (Lipinski definition) is 1. The van der Waals surface area contributed by atoms with E-state index in [0.717, 1.165) is 10.9 Å². The maximum atomic E-state index is 10.8. The van der Waals surface area contributed by atoms with E-state index < -0.39 is 0 Å². The molecule has 2 aromatic rings. The number of H-pyrrole nitrogens is 1. The molecular weight excluding hydrogens is 138 g/mol. The number of aromatic amines is 1. The minimum absolute atomic E-state index is 0.108. The highest BCUT2D eigenvalue weighted by Crippen LogP contribution is 2.05. The Morgan fingerprint density at radius 3 is 3.00 bits per heavy atom. The van der Waals surface area contributed by atoms with Gasteiger partial charge in [-0.2, -0.15) is 0 Å². The van der Waals surface area contributed by atoms with E-state index in [4.69, 9.17) is 0 Å². The molecule has 1 heterocycles. The zero-order chi connectivity index (χ0) is 7.68. The number of hydrogen-bond acceptors (Lipinski definition) is 1. The lowest BCUT2D eigenvalue weighted by Gasteiger charge is -1.92. The molecule has 0 fully saturated rings. The largest absolute Gasteiger partial charge is 0.322 e. The van der Waals surface area contributed by atoms with Crippen LogP contribution < -0.4 is 5.56 Å². The summed E-state index contributed by atoms with van der Waals surface area (Å²) in [7, 11) is 0. The molecule has 0 atom stereocenters. The molecule has 1 aromatic heterocycles. The third-order valence-corrected chi connectivity index (χ3v) is 1.54. The second-order valence-electron chi connectivity index (χ2n) is 2.32. The van der Waals surface area contributed by atoms with Crippen molar-refractivity contribution in [3.8, 4) is 0 Å². The van der Waals surface area contributed by atoms with Gasteiger partial charge in [0.2, 0.25) is 5.56 Å². The molecule has 0 saturated carbocycles. The molecule has 0 aliphatic rings. The Balaban J connectivity index is 2.94. The Labute approximate surface area is 63.5 Å². The quantitative estimate of drug-likeness (QED) is 0.594. The number of aromatic nitrogens is 1. The molecule has 1 aromatic carbocycles. The minimum atomic E-state index is -0.108. The van der Waals surface area contributed by atoms with E-state index in [0.29, 0.717) is 0 Å². The van der Waals surface area contributed by atoms with Gasteiger partial charge in [0.05, 0.1) is 0 Å². The van der Waals surface area contributed by atoms with Gasteiger partial charge in [0.25, 0.3) is 0 Å². The first-order chi connectivity index (χ1) is 5.36. The molecule has 53 valence electrons. The van der Waals surface area contributed by atoms with Crippen molar-refractivity contribution >= 4 is 10.9 Å². The average Bonchev–Trinajstić information content (AvgIpc) is 2.04. The smallest absolute Gasteiger partial charge is 0.249 e. The van der Waals surface area contributed by atoms with Gasteiger partial charge in [0, 0.05) is 17.0 Å². The molecular formula is C9H6NO. The Morgan fingerprint density at radius 1 is 1.27 bits per heavy atom. The molecule has 1 radical (unpaired) electrons. The van der Waals surface area contributed by atoms with E-state index >= 15 is 0 Å². The van der Waals surface area contributed by atoms with Gasteiger partial charge in [-0.1, -0.05) is 18.2 Å². The van der Waals surface area contributed by atoms with Crippen LogP contribution in [0.25, 0.3) is 10.9 Å². The maximum Gasteiger partial charge on any atom is 0.249 e.